The average Bonchev–Trinajstić information content (AvgIpc) is 2.55. The molecule has 2 rings (SSSR count). The SMILES string of the molecule is O=CC[C@H](CNCC(=O)c1cc(Cl)cc(Cl)c1)c1ccc(Cl)c(Cl)c1. The first kappa shape index (κ1) is 20.2. The van der Waals surface area contributed by atoms with Gasteiger partial charge in [-0.3, -0.25) is 4.79 Å². The number of aldehydes is 1. The standard InChI is InChI=1S/C18H15Cl4NO2/c19-14-5-13(6-15(20)8-14)18(25)10-23-9-12(3-4-24)11-1-2-16(21)17(22)7-11/h1-2,4-8,12,23H,3,9-10H2/t12-/m1/s1. The minimum Gasteiger partial charge on any atom is -0.309 e. The molecule has 0 saturated heterocycles. The van der Waals surface area contributed by atoms with Gasteiger partial charge in [0, 0.05) is 34.5 Å². The molecule has 0 aliphatic heterocycles. The summed E-state index contributed by atoms with van der Waals surface area (Å²) in [6.45, 7) is 0.546. The van der Waals surface area contributed by atoms with Gasteiger partial charge in [0.05, 0.1) is 16.6 Å². The van der Waals surface area contributed by atoms with Crippen molar-refractivity contribution in [3.63, 3.8) is 0 Å². The Bertz CT molecular complexity index is 759. The molecule has 2 aromatic carbocycles. The zero-order valence-corrected chi connectivity index (χ0v) is 16.1. The second-order valence-electron chi connectivity index (χ2n) is 5.49. The molecule has 0 unspecified atom stereocenters. The third-order valence-corrected chi connectivity index (χ3v) is 4.83. The fraction of sp³-hybridized carbons (Fsp3) is 0.222. The zero-order valence-electron chi connectivity index (χ0n) is 13.1. The van der Waals surface area contributed by atoms with Gasteiger partial charge in [-0.2, -0.15) is 0 Å². The molecule has 0 radical (unpaired) electrons. The molecule has 1 atom stereocenters. The van der Waals surface area contributed by atoms with Crippen molar-refractivity contribution in [2.45, 2.75) is 12.3 Å². The lowest BCUT2D eigenvalue weighted by Gasteiger charge is -2.16. The first-order valence-corrected chi connectivity index (χ1v) is 9.00. The smallest absolute Gasteiger partial charge is 0.176 e. The van der Waals surface area contributed by atoms with Gasteiger partial charge >= 0.3 is 0 Å². The van der Waals surface area contributed by atoms with Crippen LogP contribution in [0.15, 0.2) is 36.4 Å². The van der Waals surface area contributed by atoms with Gasteiger partial charge in [-0.1, -0.05) is 52.5 Å². The Labute approximate surface area is 166 Å². The molecule has 0 spiro atoms. The van der Waals surface area contributed by atoms with Crippen molar-refractivity contribution in [3.05, 3.63) is 67.6 Å². The summed E-state index contributed by atoms with van der Waals surface area (Å²) in [5.41, 5.74) is 1.32. The molecule has 3 nitrogen and oxygen atoms in total. The summed E-state index contributed by atoms with van der Waals surface area (Å²) in [7, 11) is 0. The fourth-order valence-electron chi connectivity index (χ4n) is 2.40. The summed E-state index contributed by atoms with van der Waals surface area (Å²) in [5, 5.41) is 4.77. The quantitative estimate of drug-likeness (QED) is 0.458. The van der Waals surface area contributed by atoms with E-state index in [2.05, 4.69) is 5.32 Å². The largest absolute Gasteiger partial charge is 0.309 e. The summed E-state index contributed by atoms with van der Waals surface area (Å²) in [6.07, 6.45) is 1.15. The second kappa shape index (κ2) is 9.56. The molecule has 0 aromatic heterocycles. The van der Waals surface area contributed by atoms with Crippen LogP contribution in [0.3, 0.4) is 0 Å². The van der Waals surface area contributed by atoms with Crippen LogP contribution in [-0.2, 0) is 4.79 Å². The number of ketones is 1. The Morgan fingerprint density at radius 1 is 1.00 bits per heavy atom. The Hall–Kier alpha value is -1.10. The predicted octanol–water partition coefficient (Wildman–Crippen LogP) is 5.45. The lowest BCUT2D eigenvalue weighted by molar-refractivity contribution is -0.108. The molecule has 0 aliphatic rings. The molecule has 7 heteroatoms. The van der Waals surface area contributed by atoms with Crippen molar-refractivity contribution in [2.75, 3.05) is 13.1 Å². The lowest BCUT2D eigenvalue weighted by atomic mass is 9.96. The molecule has 1 N–H and O–H groups in total. The topological polar surface area (TPSA) is 46.2 Å². The minimum atomic E-state index is -0.136. The molecular weight excluding hydrogens is 404 g/mol. The highest BCUT2D eigenvalue weighted by molar-refractivity contribution is 6.42. The normalized spacial score (nSPS) is 12.0. The van der Waals surface area contributed by atoms with E-state index in [1.807, 2.05) is 6.07 Å². The maximum absolute atomic E-state index is 12.2. The molecule has 0 fully saturated rings. The number of Topliss-reactive ketones (excluding diaryl/α,β-unsaturated/α-hetero) is 1. The van der Waals surface area contributed by atoms with Crippen LogP contribution in [0.5, 0.6) is 0 Å². The van der Waals surface area contributed by atoms with Gasteiger partial charge in [0.25, 0.3) is 0 Å². The number of carbonyl (C=O) groups is 2. The van der Waals surface area contributed by atoms with E-state index in [-0.39, 0.29) is 18.2 Å². The van der Waals surface area contributed by atoms with E-state index < -0.39 is 0 Å². The predicted molar refractivity (Wildman–Crippen MR) is 104 cm³/mol. The number of halogens is 4. The van der Waals surface area contributed by atoms with Gasteiger partial charge in [0.15, 0.2) is 5.78 Å². The highest BCUT2D eigenvalue weighted by Gasteiger charge is 2.14. The van der Waals surface area contributed by atoms with Crippen LogP contribution in [0.25, 0.3) is 0 Å². The van der Waals surface area contributed by atoms with Crippen molar-refractivity contribution in [1.82, 2.24) is 5.32 Å². The van der Waals surface area contributed by atoms with E-state index >= 15 is 0 Å². The van der Waals surface area contributed by atoms with Crippen molar-refractivity contribution in [2.24, 2.45) is 0 Å². The number of hydrogen-bond acceptors (Lipinski definition) is 3. The third-order valence-electron chi connectivity index (χ3n) is 3.66. The van der Waals surface area contributed by atoms with Crippen LogP contribution in [0, 0.1) is 0 Å². The van der Waals surface area contributed by atoms with Crippen molar-refractivity contribution in [1.29, 1.82) is 0 Å². The van der Waals surface area contributed by atoms with Gasteiger partial charge in [0.2, 0.25) is 0 Å². The molecule has 132 valence electrons. The summed E-state index contributed by atoms with van der Waals surface area (Å²) in [4.78, 5) is 23.2. The van der Waals surface area contributed by atoms with Gasteiger partial charge in [0.1, 0.15) is 6.29 Å². The van der Waals surface area contributed by atoms with E-state index in [9.17, 15) is 9.59 Å². The Balaban J connectivity index is 2.00. The first-order chi connectivity index (χ1) is 11.9. The van der Waals surface area contributed by atoms with Gasteiger partial charge in [-0.25, -0.2) is 0 Å². The minimum absolute atomic E-state index is 0.105. The maximum Gasteiger partial charge on any atom is 0.176 e. The highest BCUT2D eigenvalue weighted by Crippen LogP contribution is 2.27. The van der Waals surface area contributed by atoms with Gasteiger partial charge < -0.3 is 10.1 Å². The number of rotatable bonds is 8. The van der Waals surface area contributed by atoms with E-state index in [0.29, 0.717) is 38.6 Å². The highest BCUT2D eigenvalue weighted by atomic mass is 35.5. The molecular formula is C18H15Cl4NO2. The van der Waals surface area contributed by atoms with Gasteiger partial charge in [-0.05, 0) is 35.9 Å². The van der Waals surface area contributed by atoms with Crippen LogP contribution < -0.4 is 5.32 Å². The fourth-order valence-corrected chi connectivity index (χ4v) is 3.23. The monoisotopic (exact) mass is 417 g/mol. The second-order valence-corrected chi connectivity index (χ2v) is 7.17. The molecule has 0 heterocycles. The van der Waals surface area contributed by atoms with Crippen LogP contribution in [0.1, 0.15) is 28.3 Å². The molecule has 0 saturated carbocycles. The molecule has 0 aliphatic carbocycles. The molecule has 0 amide bonds. The van der Waals surface area contributed by atoms with E-state index in [1.54, 1.807) is 30.3 Å². The van der Waals surface area contributed by atoms with Crippen LogP contribution in [0.2, 0.25) is 20.1 Å². The van der Waals surface area contributed by atoms with E-state index in [0.717, 1.165) is 11.8 Å². The van der Waals surface area contributed by atoms with Crippen molar-refractivity contribution < 1.29 is 9.59 Å². The number of benzene rings is 2. The third kappa shape index (κ3) is 5.98. The maximum atomic E-state index is 12.2. The lowest BCUT2D eigenvalue weighted by Crippen LogP contribution is -2.28. The summed E-state index contributed by atoms with van der Waals surface area (Å²) in [5.74, 6) is -0.244. The Morgan fingerprint density at radius 2 is 1.68 bits per heavy atom. The summed E-state index contributed by atoms with van der Waals surface area (Å²) < 4.78 is 0. The molecule has 2 aromatic rings. The van der Waals surface area contributed by atoms with Crippen LogP contribution >= 0.6 is 46.4 Å². The van der Waals surface area contributed by atoms with E-state index in [4.69, 9.17) is 46.4 Å². The number of hydrogen-bond donors (Lipinski definition) is 1. The average molecular weight is 419 g/mol. The number of nitrogens with one attached hydrogen (secondary N) is 1. The Kier molecular flexibility index (Phi) is 7.73. The first-order valence-electron chi connectivity index (χ1n) is 7.49. The summed E-state index contributed by atoms with van der Waals surface area (Å²) in [6, 6.07) is 9.95. The van der Waals surface area contributed by atoms with E-state index in [1.165, 1.54) is 0 Å². The summed E-state index contributed by atoms with van der Waals surface area (Å²) >= 11 is 23.8. The van der Waals surface area contributed by atoms with Crippen molar-refractivity contribution >= 4 is 58.5 Å². The molecule has 25 heavy (non-hydrogen) atoms. The molecule has 0 bridgehead atoms. The van der Waals surface area contributed by atoms with Gasteiger partial charge in [-0.15, -0.1) is 0 Å². The van der Waals surface area contributed by atoms with Crippen LogP contribution in [0.4, 0.5) is 0 Å². The number of carbonyl (C=O) groups excluding carboxylic acids is 2. The zero-order chi connectivity index (χ0) is 18.4. The van der Waals surface area contributed by atoms with Crippen molar-refractivity contribution in [3.8, 4) is 0 Å². The van der Waals surface area contributed by atoms with Crippen LogP contribution in [-0.4, -0.2) is 25.2 Å². The Morgan fingerprint density at radius 3 is 2.28 bits per heavy atom.